The molecule has 39 heavy (non-hydrogen) atoms. The summed E-state index contributed by atoms with van der Waals surface area (Å²) in [4.78, 5) is 36.7. The molecule has 3 heterocycles. The lowest BCUT2D eigenvalue weighted by Crippen LogP contribution is -2.38. The highest BCUT2D eigenvalue weighted by Crippen LogP contribution is 2.27. The Labute approximate surface area is 229 Å². The molecule has 1 aromatic carbocycles. The highest BCUT2D eigenvalue weighted by Gasteiger charge is 2.28. The van der Waals surface area contributed by atoms with Gasteiger partial charge < -0.3 is 14.0 Å². The molecule has 0 N–H and O–H groups in total. The molecule has 208 valence electrons. The van der Waals surface area contributed by atoms with Crippen LogP contribution in [0.3, 0.4) is 0 Å². The standard InChI is InChI=1S/C27H32N6O4.C2H6/c1-8-36-25(34)21-15-22(33-23(29-21)17(2)18(3)30-33)32(26(35)37-27(4,5)6)16-19-10-9-11-20(14-19)24-28-12-13-31(24)7;1-2/h9-15H,8,16H2,1-7H3;1-2H3. The summed E-state index contributed by atoms with van der Waals surface area (Å²) < 4.78 is 14.5. The maximum atomic E-state index is 13.6. The minimum Gasteiger partial charge on any atom is -0.461 e. The number of imidazole rings is 1. The molecule has 1 amide bonds. The van der Waals surface area contributed by atoms with Crippen LogP contribution in [0.1, 0.15) is 68.9 Å². The number of rotatable bonds is 6. The van der Waals surface area contributed by atoms with Crippen LogP contribution in [0.5, 0.6) is 0 Å². The van der Waals surface area contributed by atoms with E-state index in [9.17, 15) is 9.59 Å². The number of anilines is 1. The van der Waals surface area contributed by atoms with Crippen LogP contribution < -0.4 is 4.90 Å². The lowest BCUT2D eigenvalue weighted by atomic mass is 10.1. The van der Waals surface area contributed by atoms with E-state index in [-0.39, 0.29) is 18.8 Å². The molecule has 0 aliphatic heterocycles. The molecule has 0 fully saturated rings. The van der Waals surface area contributed by atoms with Crippen LogP contribution in [0.25, 0.3) is 17.0 Å². The maximum Gasteiger partial charge on any atom is 0.416 e. The molecule has 0 unspecified atom stereocenters. The van der Waals surface area contributed by atoms with E-state index in [1.807, 2.05) is 69.8 Å². The summed E-state index contributed by atoms with van der Waals surface area (Å²) in [6.45, 7) is 15.2. The fourth-order valence-corrected chi connectivity index (χ4v) is 3.91. The van der Waals surface area contributed by atoms with Gasteiger partial charge in [-0.25, -0.2) is 19.6 Å². The van der Waals surface area contributed by atoms with Gasteiger partial charge in [-0.05, 0) is 53.2 Å². The summed E-state index contributed by atoms with van der Waals surface area (Å²) in [6, 6.07) is 9.30. The minimum atomic E-state index is -0.740. The number of carbonyl (C=O) groups is 2. The highest BCUT2D eigenvalue weighted by molar-refractivity contribution is 5.92. The van der Waals surface area contributed by atoms with Crippen molar-refractivity contribution in [3.05, 3.63) is 65.2 Å². The lowest BCUT2D eigenvalue weighted by Gasteiger charge is -2.28. The molecular weight excluding hydrogens is 496 g/mol. The molecule has 10 nitrogen and oxygen atoms in total. The molecular formula is C29H38N6O4. The number of aromatic nitrogens is 5. The van der Waals surface area contributed by atoms with Gasteiger partial charge in [0.15, 0.2) is 11.3 Å². The average Bonchev–Trinajstić information content (AvgIpc) is 3.45. The van der Waals surface area contributed by atoms with E-state index in [0.29, 0.717) is 11.5 Å². The molecule has 0 bridgehead atoms. The third-order valence-electron chi connectivity index (χ3n) is 5.76. The largest absolute Gasteiger partial charge is 0.461 e. The molecule has 0 spiro atoms. The van der Waals surface area contributed by atoms with Crippen molar-refractivity contribution < 1.29 is 19.1 Å². The number of benzene rings is 1. The first-order valence-corrected chi connectivity index (χ1v) is 13.1. The lowest BCUT2D eigenvalue weighted by molar-refractivity contribution is 0.0515. The van der Waals surface area contributed by atoms with E-state index in [1.165, 1.54) is 11.0 Å². The molecule has 0 saturated carbocycles. The van der Waals surface area contributed by atoms with Crippen LogP contribution in [0.15, 0.2) is 42.7 Å². The van der Waals surface area contributed by atoms with Gasteiger partial charge in [-0.15, -0.1) is 0 Å². The second-order valence-electron chi connectivity index (χ2n) is 9.79. The van der Waals surface area contributed by atoms with Crippen molar-refractivity contribution in [2.45, 2.75) is 67.5 Å². The number of hydrogen-bond acceptors (Lipinski definition) is 7. The van der Waals surface area contributed by atoms with Gasteiger partial charge >= 0.3 is 12.1 Å². The molecule has 0 aliphatic carbocycles. The molecule has 3 aromatic heterocycles. The zero-order valence-electron chi connectivity index (χ0n) is 24.3. The number of fused-ring (bicyclic) bond motifs is 1. The Hall–Kier alpha value is -4.21. The monoisotopic (exact) mass is 534 g/mol. The summed E-state index contributed by atoms with van der Waals surface area (Å²) >= 11 is 0. The van der Waals surface area contributed by atoms with Crippen molar-refractivity contribution in [3.63, 3.8) is 0 Å². The molecule has 0 radical (unpaired) electrons. The number of carbonyl (C=O) groups excluding carboxylic acids is 2. The number of esters is 1. The van der Waals surface area contributed by atoms with Crippen LogP contribution in [0, 0.1) is 13.8 Å². The van der Waals surface area contributed by atoms with Crippen molar-refractivity contribution in [3.8, 4) is 11.4 Å². The zero-order valence-corrected chi connectivity index (χ0v) is 24.3. The number of ether oxygens (including phenoxy) is 2. The Bertz CT molecular complexity index is 1460. The average molecular weight is 535 g/mol. The van der Waals surface area contributed by atoms with E-state index >= 15 is 0 Å². The number of nitrogens with zero attached hydrogens (tertiary/aromatic N) is 6. The quantitative estimate of drug-likeness (QED) is 0.284. The summed E-state index contributed by atoms with van der Waals surface area (Å²) in [6.07, 6.45) is 3.03. The van der Waals surface area contributed by atoms with Crippen molar-refractivity contribution >= 4 is 23.5 Å². The molecule has 10 heteroatoms. The Balaban J connectivity index is 0.00000205. The fourth-order valence-electron chi connectivity index (χ4n) is 3.91. The van der Waals surface area contributed by atoms with Gasteiger partial charge in [-0.2, -0.15) is 9.61 Å². The summed E-state index contributed by atoms with van der Waals surface area (Å²) in [5.74, 6) is 0.575. The summed E-state index contributed by atoms with van der Waals surface area (Å²) in [5.41, 5.74) is 3.09. The second kappa shape index (κ2) is 12.1. The van der Waals surface area contributed by atoms with E-state index in [0.717, 1.165) is 28.2 Å². The van der Waals surface area contributed by atoms with Crippen LogP contribution in [0.4, 0.5) is 10.6 Å². The Morgan fingerprint density at radius 3 is 2.44 bits per heavy atom. The smallest absolute Gasteiger partial charge is 0.416 e. The van der Waals surface area contributed by atoms with E-state index < -0.39 is 17.7 Å². The Morgan fingerprint density at radius 1 is 1.10 bits per heavy atom. The van der Waals surface area contributed by atoms with Crippen LogP contribution in [-0.2, 0) is 23.1 Å². The molecule has 0 saturated heterocycles. The van der Waals surface area contributed by atoms with E-state index in [2.05, 4.69) is 15.1 Å². The first kappa shape index (κ1) is 29.3. The van der Waals surface area contributed by atoms with Gasteiger partial charge in [0, 0.05) is 36.6 Å². The van der Waals surface area contributed by atoms with E-state index in [1.54, 1.807) is 38.4 Å². The number of hydrogen-bond donors (Lipinski definition) is 0. The van der Waals surface area contributed by atoms with Crippen molar-refractivity contribution in [2.75, 3.05) is 11.5 Å². The SMILES string of the molecule is CC.CCOC(=O)c1cc(N(Cc2cccc(-c3nccn3C)c2)C(=O)OC(C)(C)C)n2nc(C)c(C)c2n1. The second-order valence-corrected chi connectivity index (χ2v) is 9.79. The van der Waals surface area contributed by atoms with Crippen molar-refractivity contribution in [2.24, 2.45) is 7.05 Å². The van der Waals surface area contributed by atoms with Crippen LogP contribution in [0.2, 0.25) is 0 Å². The minimum absolute atomic E-state index is 0.0858. The summed E-state index contributed by atoms with van der Waals surface area (Å²) in [5, 5.41) is 4.61. The third-order valence-corrected chi connectivity index (χ3v) is 5.76. The van der Waals surface area contributed by atoms with Crippen molar-refractivity contribution in [1.29, 1.82) is 0 Å². The van der Waals surface area contributed by atoms with E-state index in [4.69, 9.17) is 9.47 Å². The van der Waals surface area contributed by atoms with Gasteiger partial charge in [0.2, 0.25) is 0 Å². The molecule has 0 aliphatic rings. The fraction of sp³-hybridized carbons (Fsp3) is 0.414. The predicted molar refractivity (Wildman–Crippen MR) is 151 cm³/mol. The zero-order chi connectivity index (χ0) is 28.9. The molecule has 0 atom stereocenters. The van der Waals surface area contributed by atoms with Gasteiger partial charge in [-0.1, -0.05) is 32.0 Å². The van der Waals surface area contributed by atoms with Gasteiger partial charge in [0.05, 0.1) is 18.8 Å². The first-order valence-electron chi connectivity index (χ1n) is 13.1. The first-order chi connectivity index (χ1) is 18.5. The number of aryl methyl sites for hydroxylation is 3. The Kier molecular flexibility index (Phi) is 9.11. The third kappa shape index (κ3) is 6.63. The van der Waals surface area contributed by atoms with Crippen LogP contribution in [-0.4, -0.2) is 48.4 Å². The maximum absolute atomic E-state index is 13.6. The van der Waals surface area contributed by atoms with Crippen LogP contribution >= 0.6 is 0 Å². The van der Waals surface area contributed by atoms with Gasteiger partial charge in [-0.3, -0.25) is 4.90 Å². The highest BCUT2D eigenvalue weighted by atomic mass is 16.6. The molecule has 4 rings (SSSR count). The molecule has 4 aromatic rings. The van der Waals surface area contributed by atoms with Crippen molar-refractivity contribution in [1.82, 2.24) is 24.1 Å². The predicted octanol–water partition coefficient (Wildman–Crippen LogP) is 5.89. The normalized spacial score (nSPS) is 11.1. The summed E-state index contributed by atoms with van der Waals surface area (Å²) in [7, 11) is 1.93. The number of amides is 1. The Morgan fingerprint density at radius 2 is 1.82 bits per heavy atom. The van der Waals surface area contributed by atoms with Gasteiger partial charge in [0.25, 0.3) is 0 Å². The van der Waals surface area contributed by atoms with Gasteiger partial charge in [0.1, 0.15) is 17.2 Å². The topological polar surface area (TPSA) is 104 Å².